The first-order valence-corrected chi connectivity index (χ1v) is 7.76. The van der Waals surface area contributed by atoms with Gasteiger partial charge in [-0.1, -0.05) is 6.07 Å². The summed E-state index contributed by atoms with van der Waals surface area (Å²) < 4.78 is 3.50. The molecule has 3 heterocycles. The molecule has 120 valence electrons. The minimum atomic E-state index is -0.0525. The molecule has 0 aliphatic heterocycles. The number of fused-ring (bicyclic) bond motifs is 1. The fraction of sp³-hybridized carbons (Fsp3) is 0.353. The molecule has 0 saturated heterocycles. The van der Waals surface area contributed by atoms with Crippen LogP contribution in [0.2, 0.25) is 0 Å². The maximum Gasteiger partial charge on any atom is 0.258 e. The topological polar surface area (TPSA) is 64.2 Å². The van der Waals surface area contributed by atoms with Gasteiger partial charge in [0.25, 0.3) is 5.56 Å². The Kier molecular flexibility index (Phi) is 4.25. The third kappa shape index (κ3) is 3.32. The Morgan fingerprint density at radius 1 is 1.30 bits per heavy atom. The summed E-state index contributed by atoms with van der Waals surface area (Å²) in [7, 11) is 0. The number of aryl methyl sites for hydroxylation is 1. The van der Waals surface area contributed by atoms with Gasteiger partial charge in [0, 0.05) is 37.2 Å². The average Bonchev–Trinajstić information content (AvgIpc) is 3.07. The summed E-state index contributed by atoms with van der Waals surface area (Å²) in [6.45, 7) is 6.71. The molecule has 3 aromatic rings. The van der Waals surface area contributed by atoms with Crippen molar-refractivity contribution in [2.75, 3.05) is 0 Å². The maximum absolute atomic E-state index is 12.2. The zero-order valence-electron chi connectivity index (χ0n) is 13.6. The largest absolute Gasteiger partial charge is 0.307 e. The van der Waals surface area contributed by atoms with Crippen LogP contribution in [0.25, 0.3) is 5.65 Å². The Morgan fingerprint density at radius 2 is 2.13 bits per heavy atom. The molecule has 0 aliphatic carbocycles. The van der Waals surface area contributed by atoms with E-state index in [2.05, 4.69) is 29.2 Å². The minimum absolute atomic E-state index is 0.0525. The second kappa shape index (κ2) is 6.34. The van der Waals surface area contributed by atoms with Crippen LogP contribution in [0.3, 0.4) is 0 Å². The molecule has 1 N–H and O–H groups in total. The van der Waals surface area contributed by atoms with E-state index < -0.39 is 0 Å². The molecule has 3 aromatic heterocycles. The Balaban J connectivity index is 1.74. The molecule has 0 aliphatic rings. The lowest BCUT2D eigenvalue weighted by Gasteiger charge is -2.21. The lowest BCUT2D eigenvalue weighted by atomic mass is 10.1. The number of nitrogens with zero attached hydrogens (tertiary/aromatic N) is 4. The van der Waals surface area contributed by atoms with Gasteiger partial charge in [-0.3, -0.25) is 13.9 Å². The third-order valence-electron chi connectivity index (χ3n) is 4.13. The van der Waals surface area contributed by atoms with Gasteiger partial charge in [0.05, 0.1) is 11.7 Å². The lowest BCUT2D eigenvalue weighted by Crippen LogP contribution is -2.34. The molecule has 0 saturated carbocycles. The highest BCUT2D eigenvalue weighted by Crippen LogP contribution is 2.10. The van der Waals surface area contributed by atoms with Gasteiger partial charge >= 0.3 is 0 Å². The molecule has 3 rings (SSSR count). The smallest absolute Gasteiger partial charge is 0.258 e. The summed E-state index contributed by atoms with van der Waals surface area (Å²) in [6.07, 6.45) is 5.53. The van der Waals surface area contributed by atoms with Crippen LogP contribution in [-0.4, -0.2) is 25.2 Å². The molecular formula is C17H21N5O. The van der Waals surface area contributed by atoms with E-state index in [1.807, 2.05) is 42.2 Å². The van der Waals surface area contributed by atoms with Gasteiger partial charge in [-0.25, -0.2) is 4.98 Å². The molecule has 0 unspecified atom stereocenters. The number of aromatic nitrogens is 4. The Bertz CT molecular complexity index is 853. The predicted octanol–water partition coefficient (Wildman–Crippen LogP) is 1.94. The van der Waals surface area contributed by atoms with Crippen LogP contribution in [0.1, 0.15) is 31.1 Å². The summed E-state index contributed by atoms with van der Waals surface area (Å²) in [5.41, 5.74) is 2.41. The van der Waals surface area contributed by atoms with Crippen molar-refractivity contribution in [3.8, 4) is 0 Å². The third-order valence-corrected chi connectivity index (χ3v) is 4.13. The zero-order chi connectivity index (χ0) is 16.4. The van der Waals surface area contributed by atoms with Crippen LogP contribution in [-0.2, 0) is 6.54 Å². The van der Waals surface area contributed by atoms with Crippen LogP contribution in [0.15, 0.2) is 47.7 Å². The number of hydrogen-bond acceptors (Lipinski definition) is 4. The van der Waals surface area contributed by atoms with E-state index in [9.17, 15) is 4.79 Å². The van der Waals surface area contributed by atoms with E-state index in [1.54, 1.807) is 16.7 Å². The van der Waals surface area contributed by atoms with Crippen molar-refractivity contribution in [3.63, 3.8) is 0 Å². The molecule has 0 spiro atoms. The van der Waals surface area contributed by atoms with Crippen molar-refractivity contribution in [2.24, 2.45) is 0 Å². The first kappa shape index (κ1) is 15.4. The number of hydrogen-bond donors (Lipinski definition) is 1. The van der Waals surface area contributed by atoms with Crippen LogP contribution in [0, 0.1) is 6.92 Å². The number of nitrogens with one attached hydrogen (secondary N) is 1. The first-order valence-electron chi connectivity index (χ1n) is 7.76. The van der Waals surface area contributed by atoms with Crippen molar-refractivity contribution in [3.05, 3.63) is 64.5 Å². The average molecular weight is 311 g/mol. The standard InChI is InChI=1S/C17H21N5O/c1-12-5-6-16-20-15(9-17(23)21(16)11-12)10-18-13(2)14(3)22-8-4-7-19-22/h4-9,11,13-14,18H,10H2,1-3H3/t13-,14-/m1/s1. The van der Waals surface area contributed by atoms with Gasteiger partial charge in [0.15, 0.2) is 0 Å². The summed E-state index contributed by atoms with van der Waals surface area (Å²) >= 11 is 0. The molecule has 23 heavy (non-hydrogen) atoms. The SMILES string of the molecule is Cc1ccc2nc(CN[C@H](C)[C@@H](C)n3cccn3)cc(=O)n2c1. The molecule has 0 aromatic carbocycles. The van der Waals surface area contributed by atoms with Crippen LogP contribution >= 0.6 is 0 Å². The summed E-state index contributed by atoms with van der Waals surface area (Å²) in [4.78, 5) is 16.7. The maximum atomic E-state index is 12.2. The van der Waals surface area contributed by atoms with Crippen molar-refractivity contribution in [1.29, 1.82) is 0 Å². The molecule has 6 heteroatoms. The molecule has 0 radical (unpaired) electrons. The zero-order valence-corrected chi connectivity index (χ0v) is 13.6. The van der Waals surface area contributed by atoms with Crippen molar-refractivity contribution in [1.82, 2.24) is 24.5 Å². The Hall–Kier alpha value is -2.47. The van der Waals surface area contributed by atoms with Crippen molar-refractivity contribution < 1.29 is 0 Å². The molecule has 6 nitrogen and oxygen atoms in total. The highest BCUT2D eigenvalue weighted by Gasteiger charge is 2.14. The van der Waals surface area contributed by atoms with Crippen LogP contribution in [0.5, 0.6) is 0 Å². The van der Waals surface area contributed by atoms with Gasteiger partial charge in [-0.05, 0) is 38.5 Å². The van der Waals surface area contributed by atoms with E-state index in [4.69, 9.17) is 0 Å². The Morgan fingerprint density at radius 3 is 2.87 bits per heavy atom. The van der Waals surface area contributed by atoms with Gasteiger partial charge in [0.2, 0.25) is 0 Å². The van der Waals surface area contributed by atoms with E-state index in [0.29, 0.717) is 12.2 Å². The first-order chi connectivity index (χ1) is 11.0. The lowest BCUT2D eigenvalue weighted by molar-refractivity contribution is 0.363. The van der Waals surface area contributed by atoms with Crippen molar-refractivity contribution >= 4 is 5.65 Å². The minimum Gasteiger partial charge on any atom is -0.307 e. The summed E-state index contributed by atoms with van der Waals surface area (Å²) in [5.74, 6) is 0. The van der Waals surface area contributed by atoms with Gasteiger partial charge in [-0.15, -0.1) is 0 Å². The Labute approximate surface area is 134 Å². The summed E-state index contributed by atoms with van der Waals surface area (Å²) in [5, 5.41) is 7.68. The molecule has 0 fully saturated rings. The summed E-state index contributed by atoms with van der Waals surface area (Å²) in [6, 6.07) is 7.75. The molecule has 2 atom stereocenters. The van der Waals surface area contributed by atoms with E-state index in [1.165, 1.54) is 0 Å². The number of pyridine rings is 1. The van der Waals surface area contributed by atoms with Crippen LogP contribution < -0.4 is 10.9 Å². The van der Waals surface area contributed by atoms with E-state index >= 15 is 0 Å². The fourth-order valence-electron chi connectivity index (χ4n) is 2.54. The van der Waals surface area contributed by atoms with Gasteiger partial charge < -0.3 is 5.32 Å². The second-order valence-electron chi connectivity index (χ2n) is 5.92. The van der Waals surface area contributed by atoms with Gasteiger partial charge in [-0.2, -0.15) is 5.10 Å². The quantitative estimate of drug-likeness (QED) is 0.782. The number of rotatable bonds is 5. The van der Waals surface area contributed by atoms with Crippen LogP contribution in [0.4, 0.5) is 0 Å². The molecule has 0 amide bonds. The van der Waals surface area contributed by atoms with Crippen molar-refractivity contribution in [2.45, 2.75) is 39.4 Å². The monoisotopic (exact) mass is 311 g/mol. The highest BCUT2D eigenvalue weighted by molar-refractivity contribution is 5.39. The normalized spacial score (nSPS) is 14.0. The molecule has 0 bridgehead atoms. The van der Waals surface area contributed by atoms with Gasteiger partial charge in [0.1, 0.15) is 5.65 Å². The molecular weight excluding hydrogens is 290 g/mol. The van der Waals surface area contributed by atoms with E-state index in [-0.39, 0.29) is 17.6 Å². The fourth-order valence-corrected chi connectivity index (χ4v) is 2.54. The second-order valence-corrected chi connectivity index (χ2v) is 5.92. The predicted molar refractivity (Wildman–Crippen MR) is 89.4 cm³/mol. The highest BCUT2D eigenvalue weighted by atomic mass is 16.1. The van der Waals surface area contributed by atoms with E-state index in [0.717, 1.165) is 11.3 Å².